The molecule has 0 radical (unpaired) electrons. The van der Waals surface area contributed by atoms with Crippen LogP contribution in [0.4, 0.5) is 4.39 Å². The molecule has 3 nitrogen and oxygen atoms in total. The van der Waals surface area contributed by atoms with Crippen LogP contribution in [-0.4, -0.2) is 16.8 Å². The maximum atomic E-state index is 14.2. The van der Waals surface area contributed by atoms with Gasteiger partial charge < -0.3 is 5.32 Å². The van der Waals surface area contributed by atoms with Crippen LogP contribution in [0.5, 0.6) is 0 Å². The molecule has 0 saturated heterocycles. The molecule has 2 aromatic rings. The summed E-state index contributed by atoms with van der Waals surface area (Å²) in [6.45, 7) is 0. The minimum absolute atomic E-state index is 0.0925. The molecular formula is C12H12BrClFN3. The van der Waals surface area contributed by atoms with Crippen molar-refractivity contribution in [2.75, 3.05) is 7.05 Å². The predicted molar refractivity (Wildman–Crippen MR) is 73.2 cm³/mol. The summed E-state index contributed by atoms with van der Waals surface area (Å²) in [4.78, 5) is 0. The molecule has 1 aromatic heterocycles. The lowest BCUT2D eigenvalue weighted by atomic mass is 10.0. The Bertz CT molecular complexity index is 570. The van der Waals surface area contributed by atoms with Gasteiger partial charge in [0.25, 0.3) is 0 Å². The lowest BCUT2D eigenvalue weighted by Gasteiger charge is -2.18. The number of nitrogens with one attached hydrogen (secondary N) is 1. The second kappa shape index (κ2) is 5.38. The number of hydrogen-bond donors (Lipinski definition) is 1. The molecule has 1 atom stereocenters. The fourth-order valence-corrected chi connectivity index (χ4v) is 2.37. The van der Waals surface area contributed by atoms with Gasteiger partial charge in [0.15, 0.2) is 0 Å². The van der Waals surface area contributed by atoms with Gasteiger partial charge in [-0.1, -0.05) is 17.7 Å². The highest BCUT2D eigenvalue weighted by molar-refractivity contribution is 9.10. The molecule has 1 N–H and O–H groups in total. The summed E-state index contributed by atoms with van der Waals surface area (Å²) in [5, 5.41) is 7.26. The Kier molecular flexibility index (Phi) is 4.04. The van der Waals surface area contributed by atoms with Crippen LogP contribution in [-0.2, 0) is 7.05 Å². The highest BCUT2D eigenvalue weighted by Gasteiger charge is 2.21. The van der Waals surface area contributed by atoms with Crippen LogP contribution < -0.4 is 5.32 Å². The second-order valence-corrected chi connectivity index (χ2v) is 5.10. The molecule has 1 unspecified atom stereocenters. The van der Waals surface area contributed by atoms with Crippen LogP contribution in [0.1, 0.15) is 17.3 Å². The Balaban J connectivity index is 2.53. The normalized spacial score (nSPS) is 12.7. The Hall–Kier alpha value is -0.910. The van der Waals surface area contributed by atoms with Crippen molar-refractivity contribution >= 4 is 27.5 Å². The average molecular weight is 333 g/mol. The lowest BCUT2D eigenvalue weighted by molar-refractivity contribution is 0.551. The molecule has 0 amide bonds. The van der Waals surface area contributed by atoms with Gasteiger partial charge in [-0.25, -0.2) is 4.39 Å². The van der Waals surface area contributed by atoms with Gasteiger partial charge in [-0.3, -0.25) is 4.68 Å². The van der Waals surface area contributed by atoms with Crippen LogP contribution in [0.15, 0.2) is 28.9 Å². The second-order valence-electron chi connectivity index (χ2n) is 3.87. The first kappa shape index (κ1) is 13.5. The van der Waals surface area contributed by atoms with Gasteiger partial charge in [-0.05, 0) is 35.1 Å². The molecule has 0 aliphatic rings. The molecule has 1 aromatic carbocycles. The Morgan fingerprint density at radius 1 is 1.44 bits per heavy atom. The quantitative estimate of drug-likeness (QED) is 0.874. The van der Waals surface area contributed by atoms with E-state index in [2.05, 4.69) is 26.3 Å². The summed E-state index contributed by atoms with van der Waals surface area (Å²) < 4.78 is 16.4. The van der Waals surface area contributed by atoms with Crippen molar-refractivity contribution in [1.29, 1.82) is 0 Å². The molecule has 0 saturated carbocycles. The van der Waals surface area contributed by atoms with E-state index < -0.39 is 5.82 Å². The van der Waals surface area contributed by atoms with Gasteiger partial charge in [0.1, 0.15) is 5.82 Å². The first-order valence-corrected chi connectivity index (χ1v) is 6.52. The van der Waals surface area contributed by atoms with Crippen LogP contribution in [0, 0.1) is 5.82 Å². The van der Waals surface area contributed by atoms with E-state index in [9.17, 15) is 4.39 Å². The SMILES string of the molecule is CNC(c1ccc(Br)c(Cl)c1F)c1ccnn1C. The number of aromatic nitrogens is 2. The molecule has 0 aliphatic carbocycles. The summed E-state index contributed by atoms with van der Waals surface area (Å²) in [6, 6.07) is 5.00. The van der Waals surface area contributed by atoms with E-state index >= 15 is 0 Å². The van der Waals surface area contributed by atoms with E-state index in [-0.39, 0.29) is 11.1 Å². The standard InChI is InChI=1S/C12H12BrClFN3/c1-16-12(9-5-6-17-18(9)2)7-3-4-8(13)10(14)11(7)15/h3-6,12,16H,1-2H3. The van der Waals surface area contributed by atoms with Crippen LogP contribution in [0.2, 0.25) is 5.02 Å². The van der Waals surface area contributed by atoms with Crippen molar-refractivity contribution < 1.29 is 4.39 Å². The Morgan fingerprint density at radius 3 is 2.72 bits per heavy atom. The smallest absolute Gasteiger partial charge is 0.148 e. The molecule has 2 rings (SSSR count). The summed E-state index contributed by atoms with van der Waals surface area (Å²) in [7, 11) is 3.59. The molecular weight excluding hydrogens is 321 g/mol. The minimum Gasteiger partial charge on any atom is -0.308 e. The lowest BCUT2D eigenvalue weighted by Crippen LogP contribution is -2.21. The van der Waals surface area contributed by atoms with Crippen molar-refractivity contribution in [3.8, 4) is 0 Å². The molecule has 0 aliphatic heterocycles. The number of rotatable bonds is 3. The summed E-state index contributed by atoms with van der Waals surface area (Å²) in [6.07, 6.45) is 1.68. The highest BCUT2D eigenvalue weighted by atomic mass is 79.9. The van der Waals surface area contributed by atoms with Crippen LogP contribution >= 0.6 is 27.5 Å². The van der Waals surface area contributed by atoms with Crippen LogP contribution in [0.3, 0.4) is 0 Å². The van der Waals surface area contributed by atoms with E-state index in [0.29, 0.717) is 10.0 Å². The maximum Gasteiger partial charge on any atom is 0.148 e. The molecule has 0 fully saturated rings. The Morgan fingerprint density at radius 2 is 2.17 bits per heavy atom. The zero-order chi connectivity index (χ0) is 13.3. The topological polar surface area (TPSA) is 29.9 Å². The summed E-state index contributed by atoms with van der Waals surface area (Å²) >= 11 is 9.12. The molecule has 0 bridgehead atoms. The van der Waals surface area contributed by atoms with Gasteiger partial charge in [0, 0.05) is 23.3 Å². The predicted octanol–water partition coefficient (Wildman–Crippen LogP) is 3.28. The zero-order valence-corrected chi connectivity index (χ0v) is 12.3. The monoisotopic (exact) mass is 331 g/mol. The van der Waals surface area contributed by atoms with Crippen molar-refractivity contribution in [2.45, 2.75) is 6.04 Å². The number of benzene rings is 1. The highest BCUT2D eigenvalue weighted by Crippen LogP contribution is 2.32. The molecule has 6 heteroatoms. The van der Waals surface area contributed by atoms with E-state index in [1.165, 1.54) is 0 Å². The van der Waals surface area contributed by atoms with Gasteiger partial charge in [0.05, 0.1) is 16.8 Å². The molecule has 0 spiro atoms. The van der Waals surface area contributed by atoms with Crippen molar-refractivity contribution in [3.63, 3.8) is 0 Å². The van der Waals surface area contributed by atoms with E-state index in [1.54, 1.807) is 30.1 Å². The minimum atomic E-state index is -0.424. The van der Waals surface area contributed by atoms with Crippen molar-refractivity contribution in [2.24, 2.45) is 7.05 Å². The fraction of sp³-hybridized carbons (Fsp3) is 0.250. The third-order valence-corrected chi connectivity index (χ3v) is 4.08. The number of aryl methyl sites for hydroxylation is 1. The van der Waals surface area contributed by atoms with Crippen LogP contribution in [0.25, 0.3) is 0 Å². The zero-order valence-electron chi connectivity index (χ0n) is 9.92. The third-order valence-electron chi connectivity index (χ3n) is 2.82. The van der Waals surface area contributed by atoms with Gasteiger partial charge in [-0.2, -0.15) is 5.10 Å². The Labute approximate surface area is 118 Å². The van der Waals surface area contributed by atoms with E-state index in [1.807, 2.05) is 13.1 Å². The van der Waals surface area contributed by atoms with Crippen molar-refractivity contribution in [3.05, 3.63) is 51.0 Å². The van der Waals surface area contributed by atoms with Gasteiger partial charge >= 0.3 is 0 Å². The molecule has 96 valence electrons. The third kappa shape index (κ3) is 2.30. The first-order valence-electron chi connectivity index (χ1n) is 5.34. The van der Waals surface area contributed by atoms with Crippen molar-refractivity contribution in [1.82, 2.24) is 15.1 Å². The average Bonchev–Trinajstić information content (AvgIpc) is 2.77. The van der Waals surface area contributed by atoms with E-state index in [4.69, 9.17) is 11.6 Å². The summed E-state index contributed by atoms with van der Waals surface area (Å²) in [5.41, 5.74) is 1.36. The summed E-state index contributed by atoms with van der Waals surface area (Å²) in [5.74, 6) is -0.424. The molecule has 18 heavy (non-hydrogen) atoms. The van der Waals surface area contributed by atoms with Gasteiger partial charge in [0.2, 0.25) is 0 Å². The van der Waals surface area contributed by atoms with Gasteiger partial charge in [-0.15, -0.1) is 0 Å². The fourth-order valence-electron chi connectivity index (χ4n) is 1.89. The number of hydrogen-bond acceptors (Lipinski definition) is 2. The van der Waals surface area contributed by atoms with E-state index in [0.717, 1.165) is 5.69 Å². The number of halogens is 3. The first-order chi connectivity index (χ1) is 8.56. The number of nitrogens with zero attached hydrogens (tertiary/aromatic N) is 2. The molecule has 1 heterocycles. The maximum absolute atomic E-state index is 14.2. The largest absolute Gasteiger partial charge is 0.308 e.